The van der Waals surface area contributed by atoms with Gasteiger partial charge in [0.1, 0.15) is 5.75 Å². The van der Waals surface area contributed by atoms with Gasteiger partial charge >= 0.3 is 5.97 Å². The Hall–Kier alpha value is -1.55. The molecule has 1 rings (SSSR count). The molecule has 0 saturated carbocycles. The number of phenols is 1. The van der Waals surface area contributed by atoms with Crippen molar-refractivity contribution in [3.05, 3.63) is 29.8 Å². The number of carbonyl (C=O) groups excluding carboxylic acids is 1. The number of ether oxygens (including phenoxy) is 1. The fourth-order valence-corrected chi connectivity index (χ4v) is 1.42. The van der Waals surface area contributed by atoms with Gasteiger partial charge in [0, 0.05) is 6.42 Å². The van der Waals surface area contributed by atoms with Crippen molar-refractivity contribution >= 4 is 5.97 Å². The number of aromatic hydroxyl groups is 1. The molecule has 0 unspecified atom stereocenters. The second-order valence-corrected chi connectivity index (χ2v) is 3.84. The van der Waals surface area contributed by atoms with Crippen LogP contribution in [-0.4, -0.2) is 28.4 Å². The lowest BCUT2D eigenvalue weighted by atomic mass is 9.96. The number of rotatable bonds is 4. The van der Waals surface area contributed by atoms with E-state index in [4.69, 9.17) is 4.74 Å². The van der Waals surface area contributed by atoms with Crippen molar-refractivity contribution in [3.8, 4) is 5.75 Å². The summed E-state index contributed by atoms with van der Waals surface area (Å²) in [5, 5.41) is 19.2. The number of benzene rings is 1. The Bertz CT molecular complexity index is 371. The number of aliphatic hydroxyl groups is 1. The van der Waals surface area contributed by atoms with Gasteiger partial charge in [0.25, 0.3) is 0 Å². The van der Waals surface area contributed by atoms with Gasteiger partial charge in [-0.25, -0.2) is 4.79 Å². The zero-order chi connectivity index (χ0) is 12.2. The van der Waals surface area contributed by atoms with Crippen LogP contribution in [0.4, 0.5) is 0 Å². The average Bonchev–Trinajstić information content (AvgIpc) is 2.17. The summed E-state index contributed by atoms with van der Waals surface area (Å²) in [7, 11) is 0. The Labute approximate surface area is 94.5 Å². The Morgan fingerprint density at radius 1 is 1.50 bits per heavy atom. The third-order valence-corrected chi connectivity index (χ3v) is 2.17. The van der Waals surface area contributed by atoms with Crippen LogP contribution in [0.2, 0.25) is 0 Å². The maximum absolute atomic E-state index is 11.4. The predicted octanol–water partition coefficient (Wildman–Crippen LogP) is 1.25. The van der Waals surface area contributed by atoms with Crippen molar-refractivity contribution in [3.63, 3.8) is 0 Å². The first kappa shape index (κ1) is 12.5. The van der Waals surface area contributed by atoms with Gasteiger partial charge in [0.15, 0.2) is 5.60 Å². The molecular formula is C12H16O4. The maximum Gasteiger partial charge on any atom is 0.338 e. The van der Waals surface area contributed by atoms with Crippen molar-refractivity contribution in [1.29, 1.82) is 0 Å². The van der Waals surface area contributed by atoms with Crippen LogP contribution >= 0.6 is 0 Å². The smallest absolute Gasteiger partial charge is 0.338 e. The number of carbonyl (C=O) groups is 1. The van der Waals surface area contributed by atoms with E-state index in [1.165, 1.54) is 19.1 Å². The number of hydrogen-bond acceptors (Lipinski definition) is 4. The molecule has 2 N–H and O–H groups in total. The van der Waals surface area contributed by atoms with Crippen LogP contribution in [0.1, 0.15) is 19.4 Å². The maximum atomic E-state index is 11.4. The normalized spacial score (nSPS) is 14.2. The highest BCUT2D eigenvalue weighted by Gasteiger charge is 2.32. The minimum absolute atomic E-state index is 0.108. The Kier molecular flexibility index (Phi) is 3.90. The molecule has 0 aliphatic rings. The van der Waals surface area contributed by atoms with E-state index in [1.807, 2.05) is 0 Å². The molecule has 0 heterocycles. The van der Waals surface area contributed by atoms with Crippen LogP contribution in [0, 0.1) is 0 Å². The molecule has 0 amide bonds. The van der Waals surface area contributed by atoms with Crippen molar-refractivity contribution < 1.29 is 19.7 Å². The fourth-order valence-electron chi connectivity index (χ4n) is 1.42. The van der Waals surface area contributed by atoms with Crippen molar-refractivity contribution in [2.45, 2.75) is 25.9 Å². The summed E-state index contributed by atoms with van der Waals surface area (Å²) in [5.74, 6) is -0.546. The van der Waals surface area contributed by atoms with Crippen LogP contribution in [-0.2, 0) is 16.0 Å². The Morgan fingerprint density at radius 3 is 2.75 bits per heavy atom. The van der Waals surface area contributed by atoms with Crippen LogP contribution in [0.15, 0.2) is 24.3 Å². The highest BCUT2D eigenvalue weighted by Crippen LogP contribution is 2.18. The van der Waals surface area contributed by atoms with Gasteiger partial charge in [-0.1, -0.05) is 12.1 Å². The number of hydrogen-bond donors (Lipinski definition) is 2. The molecule has 0 aliphatic heterocycles. The summed E-state index contributed by atoms with van der Waals surface area (Å²) in [5.41, 5.74) is -0.887. The van der Waals surface area contributed by atoms with Gasteiger partial charge in [-0.15, -0.1) is 0 Å². The van der Waals surface area contributed by atoms with Crippen molar-refractivity contribution in [1.82, 2.24) is 0 Å². The molecule has 0 fully saturated rings. The predicted molar refractivity (Wildman–Crippen MR) is 59.1 cm³/mol. The lowest BCUT2D eigenvalue weighted by Gasteiger charge is -2.20. The summed E-state index contributed by atoms with van der Waals surface area (Å²) < 4.78 is 4.76. The minimum Gasteiger partial charge on any atom is -0.508 e. The molecule has 0 aliphatic carbocycles. The van der Waals surface area contributed by atoms with Crippen LogP contribution in [0.25, 0.3) is 0 Å². The van der Waals surface area contributed by atoms with Crippen LogP contribution in [0.5, 0.6) is 5.75 Å². The molecule has 1 atom stereocenters. The molecule has 16 heavy (non-hydrogen) atoms. The van der Waals surface area contributed by atoms with Gasteiger partial charge in [0.05, 0.1) is 6.61 Å². The lowest BCUT2D eigenvalue weighted by molar-refractivity contribution is -0.163. The van der Waals surface area contributed by atoms with E-state index in [-0.39, 0.29) is 18.8 Å². The molecule has 0 saturated heterocycles. The summed E-state index contributed by atoms with van der Waals surface area (Å²) in [6.07, 6.45) is 0.111. The zero-order valence-electron chi connectivity index (χ0n) is 9.43. The fraction of sp³-hybridized carbons (Fsp3) is 0.417. The molecule has 88 valence electrons. The SMILES string of the molecule is CCOC(=O)[C@@](C)(O)Cc1cccc(O)c1. The molecule has 1 aromatic rings. The first-order chi connectivity index (χ1) is 7.45. The molecule has 0 aromatic heterocycles. The van der Waals surface area contributed by atoms with E-state index in [0.29, 0.717) is 5.56 Å². The first-order valence-corrected chi connectivity index (χ1v) is 5.13. The first-order valence-electron chi connectivity index (χ1n) is 5.13. The van der Waals surface area contributed by atoms with Crippen LogP contribution < -0.4 is 0 Å². The summed E-state index contributed by atoms with van der Waals surface area (Å²) >= 11 is 0. The largest absolute Gasteiger partial charge is 0.508 e. The zero-order valence-corrected chi connectivity index (χ0v) is 9.43. The van der Waals surface area contributed by atoms with Gasteiger partial charge in [-0.2, -0.15) is 0 Å². The Balaban J connectivity index is 2.75. The van der Waals surface area contributed by atoms with E-state index >= 15 is 0 Å². The van der Waals surface area contributed by atoms with E-state index in [0.717, 1.165) is 0 Å². The van der Waals surface area contributed by atoms with Gasteiger partial charge in [-0.05, 0) is 31.5 Å². The number of esters is 1. The van der Waals surface area contributed by atoms with Crippen molar-refractivity contribution in [2.75, 3.05) is 6.61 Å². The molecule has 0 radical (unpaired) electrons. The quantitative estimate of drug-likeness (QED) is 0.755. The highest BCUT2D eigenvalue weighted by molar-refractivity contribution is 5.79. The third-order valence-electron chi connectivity index (χ3n) is 2.17. The second kappa shape index (κ2) is 4.99. The van der Waals surface area contributed by atoms with Crippen LogP contribution in [0.3, 0.4) is 0 Å². The van der Waals surface area contributed by atoms with E-state index in [1.54, 1.807) is 19.1 Å². The molecule has 0 bridgehead atoms. The summed E-state index contributed by atoms with van der Waals surface area (Å²) in [6.45, 7) is 3.31. The summed E-state index contributed by atoms with van der Waals surface area (Å²) in [6, 6.07) is 6.43. The average molecular weight is 224 g/mol. The van der Waals surface area contributed by atoms with E-state index < -0.39 is 11.6 Å². The lowest BCUT2D eigenvalue weighted by Crippen LogP contribution is -2.39. The molecule has 4 nitrogen and oxygen atoms in total. The minimum atomic E-state index is -1.57. The third kappa shape index (κ3) is 3.24. The highest BCUT2D eigenvalue weighted by atomic mass is 16.5. The number of phenolic OH excluding ortho intramolecular Hbond substituents is 1. The van der Waals surface area contributed by atoms with E-state index in [2.05, 4.69) is 0 Å². The standard InChI is InChI=1S/C12H16O4/c1-3-16-11(14)12(2,15)8-9-5-4-6-10(13)7-9/h4-7,13,15H,3,8H2,1-2H3/t12-/m0/s1. The second-order valence-electron chi connectivity index (χ2n) is 3.84. The van der Waals surface area contributed by atoms with Gasteiger partial charge in [-0.3, -0.25) is 0 Å². The van der Waals surface area contributed by atoms with Gasteiger partial charge < -0.3 is 14.9 Å². The summed E-state index contributed by atoms with van der Waals surface area (Å²) in [4.78, 5) is 11.4. The monoisotopic (exact) mass is 224 g/mol. The Morgan fingerprint density at radius 2 is 2.19 bits per heavy atom. The van der Waals surface area contributed by atoms with E-state index in [9.17, 15) is 15.0 Å². The molecule has 0 spiro atoms. The molecular weight excluding hydrogens is 208 g/mol. The molecule has 4 heteroatoms. The molecule has 1 aromatic carbocycles. The van der Waals surface area contributed by atoms with Crippen molar-refractivity contribution in [2.24, 2.45) is 0 Å². The topological polar surface area (TPSA) is 66.8 Å². The van der Waals surface area contributed by atoms with Gasteiger partial charge in [0.2, 0.25) is 0 Å².